The maximum atomic E-state index is 14.3. The first-order chi connectivity index (χ1) is 19.5. The Morgan fingerprint density at radius 2 is 1.46 bits per heavy atom. The van der Waals surface area contributed by atoms with Gasteiger partial charge in [-0.3, -0.25) is 9.59 Å². The van der Waals surface area contributed by atoms with Crippen molar-refractivity contribution in [3.05, 3.63) is 88.5 Å². The van der Waals surface area contributed by atoms with Crippen molar-refractivity contribution in [2.75, 3.05) is 32.8 Å². The van der Waals surface area contributed by atoms with Gasteiger partial charge in [-0.2, -0.15) is 13.2 Å². The van der Waals surface area contributed by atoms with Crippen LogP contribution < -0.4 is 14.4 Å². The van der Waals surface area contributed by atoms with Crippen LogP contribution in [0.2, 0.25) is 0 Å². The van der Waals surface area contributed by atoms with Crippen LogP contribution >= 0.6 is 0 Å². The lowest BCUT2D eigenvalue weighted by atomic mass is 9.89. The van der Waals surface area contributed by atoms with E-state index >= 15 is 0 Å². The molecule has 10 heteroatoms. The molecule has 0 aliphatic carbocycles. The number of ether oxygens (including phenoxy) is 4. The fourth-order valence-corrected chi connectivity index (χ4v) is 4.99. The van der Waals surface area contributed by atoms with Crippen molar-refractivity contribution in [1.82, 2.24) is 0 Å². The number of Topliss-reactive ketones (excluding diaryl/α,β-unsaturated/α-hetero) is 1. The summed E-state index contributed by atoms with van der Waals surface area (Å²) in [6.07, 6.45) is -6.22. The molecule has 0 radical (unpaired) electrons. The predicted octanol–water partition coefficient (Wildman–Crippen LogP) is 6.06. The Balaban J connectivity index is 1.76. The van der Waals surface area contributed by atoms with Gasteiger partial charge in [-0.15, -0.1) is 0 Å². The number of benzene rings is 3. The van der Waals surface area contributed by atoms with Crippen molar-refractivity contribution in [3.63, 3.8) is 0 Å². The number of alkyl halides is 3. The Hall–Kier alpha value is -4.05. The summed E-state index contributed by atoms with van der Waals surface area (Å²) >= 11 is 0. The number of rotatable bonds is 9. The van der Waals surface area contributed by atoms with Gasteiger partial charge in [-0.25, -0.2) is 0 Å². The number of hydrogen-bond acceptors (Lipinski definition) is 7. The van der Waals surface area contributed by atoms with Crippen LogP contribution in [0.3, 0.4) is 0 Å². The van der Waals surface area contributed by atoms with Crippen LogP contribution in [0.4, 0.5) is 18.9 Å². The first-order valence-corrected chi connectivity index (χ1v) is 13.0. The topological polar surface area (TPSA) is 74.3 Å². The van der Waals surface area contributed by atoms with Gasteiger partial charge in [0.05, 0.1) is 39.6 Å². The van der Waals surface area contributed by atoms with Gasteiger partial charge in [-0.05, 0) is 65.6 Å². The summed E-state index contributed by atoms with van der Waals surface area (Å²) < 4.78 is 63.9. The number of carbonyl (C=O) groups is 2. The molecule has 3 aromatic carbocycles. The molecular formula is C31H32F3NO6. The quantitative estimate of drug-likeness (QED) is 0.228. The zero-order chi connectivity index (χ0) is 29.7. The highest BCUT2D eigenvalue weighted by molar-refractivity contribution is 5.99. The van der Waals surface area contributed by atoms with Gasteiger partial charge in [0.2, 0.25) is 0 Å². The smallest absolute Gasteiger partial charge is 0.417 e. The second-order valence-corrected chi connectivity index (χ2v) is 9.85. The first kappa shape index (κ1) is 29.9. The Labute approximate surface area is 236 Å². The molecule has 1 saturated heterocycles. The Morgan fingerprint density at radius 3 is 1.90 bits per heavy atom. The SMILES string of the molecule is COC(=O)C1COC(c2cc(N(Cc3ccc(OC)cc3)Cc3ccc(OC)cc3)cc(C)c2C(F)(F)F)CC1=O. The fraction of sp³-hybridized carbons (Fsp3) is 0.355. The van der Waals surface area contributed by atoms with Crippen LogP contribution in [0, 0.1) is 12.8 Å². The number of halogens is 3. The van der Waals surface area contributed by atoms with Crippen molar-refractivity contribution in [2.45, 2.75) is 38.7 Å². The van der Waals surface area contributed by atoms with E-state index < -0.39 is 35.5 Å². The molecule has 0 spiro atoms. The summed E-state index contributed by atoms with van der Waals surface area (Å²) in [6.45, 7) is 1.82. The van der Waals surface area contributed by atoms with Gasteiger partial charge in [0.1, 0.15) is 17.4 Å². The zero-order valence-corrected chi connectivity index (χ0v) is 23.3. The summed E-state index contributed by atoms with van der Waals surface area (Å²) in [5, 5.41) is 0. The average Bonchev–Trinajstić information content (AvgIpc) is 2.96. The van der Waals surface area contributed by atoms with Gasteiger partial charge < -0.3 is 23.8 Å². The number of ketones is 1. The van der Waals surface area contributed by atoms with E-state index in [1.165, 1.54) is 19.1 Å². The van der Waals surface area contributed by atoms with Crippen molar-refractivity contribution >= 4 is 17.4 Å². The first-order valence-electron chi connectivity index (χ1n) is 13.0. The minimum absolute atomic E-state index is 0.00519. The molecule has 41 heavy (non-hydrogen) atoms. The van der Waals surface area contributed by atoms with Gasteiger partial charge in [0, 0.05) is 25.2 Å². The lowest BCUT2D eigenvalue weighted by Crippen LogP contribution is -2.36. The fourth-order valence-electron chi connectivity index (χ4n) is 4.99. The van der Waals surface area contributed by atoms with E-state index in [1.807, 2.05) is 53.4 Å². The van der Waals surface area contributed by atoms with Crippen molar-refractivity contribution in [1.29, 1.82) is 0 Å². The highest BCUT2D eigenvalue weighted by Crippen LogP contribution is 2.43. The van der Waals surface area contributed by atoms with E-state index in [0.717, 1.165) is 18.2 Å². The van der Waals surface area contributed by atoms with Crippen molar-refractivity contribution < 1.29 is 41.7 Å². The lowest BCUT2D eigenvalue weighted by Gasteiger charge is -2.32. The number of nitrogens with zero attached hydrogens (tertiary/aromatic N) is 1. The van der Waals surface area contributed by atoms with Crippen LogP contribution in [0.25, 0.3) is 0 Å². The van der Waals surface area contributed by atoms with Crippen LogP contribution in [-0.2, 0) is 38.3 Å². The molecule has 0 saturated carbocycles. The predicted molar refractivity (Wildman–Crippen MR) is 146 cm³/mol. The maximum Gasteiger partial charge on any atom is 0.417 e. The maximum absolute atomic E-state index is 14.3. The third-order valence-electron chi connectivity index (χ3n) is 7.14. The van der Waals surface area contributed by atoms with E-state index in [0.29, 0.717) is 30.3 Å². The van der Waals surface area contributed by atoms with Crippen LogP contribution in [0.15, 0.2) is 60.7 Å². The number of esters is 1. The summed E-state index contributed by atoms with van der Waals surface area (Å²) in [5.41, 5.74) is 1.39. The van der Waals surface area contributed by atoms with Crippen LogP contribution in [0.1, 0.15) is 40.3 Å². The molecule has 0 bridgehead atoms. The number of anilines is 1. The molecule has 4 rings (SSSR count). The van der Waals surface area contributed by atoms with Gasteiger partial charge in [-0.1, -0.05) is 24.3 Å². The highest BCUT2D eigenvalue weighted by atomic mass is 19.4. The number of aryl methyl sites for hydroxylation is 1. The molecule has 7 nitrogen and oxygen atoms in total. The molecule has 0 aromatic heterocycles. The molecule has 3 aromatic rings. The Bertz CT molecular complexity index is 1320. The standard InChI is InChI=1S/C31H32F3NO6/c1-19-13-22(14-25(29(19)31(32,33)34)28-15-27(36)26(18-41-28)30(37)40-4)35(16-20-5-9-23(38-2)10-6-20)17-21-7-11-24(39-3)12-8-21/h5-14,26,28H,15-18H2,1-4H3. The summed E-state index contributed by atoms with van der Waals surface area (Å²) in [6, 6.07) is 17.8. The normalized spacial score (nSPS) is 17.2. The highest BCUT2D eigenvalue weighted by Gasteiger charge is 2.42. The Kier molecular flexibility index (Phi) is 9.22. The van der Waals surface area contributed by atoms with Gasteiger partial charge in [0.15, 0.2) is 5.78 Å². The summed E-state index contributed by atoms with van der Waals surface area (Å²) in [5.74, 6) is -1.06. The van der Waals surface area contributed by atoms with E-state index in [4.69, 9.17) is 14.2 Å². The minimum Gasteiger partial charge on any atom is -0.497 e. The minimum atomic E-state index is -4.68. The van der Waals surface area contributed by atoms with E-state index in [1.54, 1.807) is 14.2 Å². The molecular weight excluding hydrogens is 539 g/mol. The average molecular weight is 572 g/mol. The monoisotopic (exact) mass is 571 g/mol. The number of hydrogen-bond donors (Lipinski definition) is 0. The summed E-state index contributed by atoms with van der Waals surface area (Å²) in [7, 11) is 4.29. The lowest BCUT2D eigenvalue weighted by molar-refractivity contribution is -0.160. The van der Waals surface area contributed by atoms with Gasteiger partial charge in [0.25, 0.3) is 0 Å². The van der Waals surface area contributed by atoms with Crippen LogP contribution in [-0.4, -0.2) is 39.7 Å². The van der Waals surface area contributed by atoms with E-state index in [9.17, 15) is 22.8 Å². The molecule has 2 unspecified atom stereocenters. The second kappa shape index (κ2) is 12.6. The largest absolute Gasteiger partial charge is 0.497 e. The van der Waals surface area contributed by atoms with E-state index in [-0.39, 0.29) is 24.2 Å². The van der Waals surface area contributed by atoms with Crippen LogP contribution in [0.5, 0.6) is 11.5 Å². The van der Waals surface area contributed by atoms with Crippen molar-refractivity contribution in [3.8, 4) is 11.5 Å². The molecule has 218 valence electrons. The molecule has 0 amide bonds. The molecule has 1 fully saturated rings. The zero-order valence-electron chi connectivity index (χ0n) is 23.3. The van der Waals surface area contributed by atoms with Crippen molar-refractivity contribution in [2.24, 2.45) is 5.92 Å². The third-order valence-corrected chi connectivity index (χ3v) is 7.14. The molecule has 2 atom stereocenters. The summed E-state index contributed by atoms with van der Waals surface area (Å²) in [4.78, 5) is 26.6. The molecule has 1 aliphatic rings. The number of methoxy groups -OCH3 is 3. The Morgan fingerprint density at radius 1 is 0.927 bits per heavy atom. The molecule has 1 aliphatic heterocycles. The van der Waals surface area contributed by atoms with Gasteiger partial charge >= 0.3 is 12.1 Å². The number of carbonyl (C=O) groups excluding carboxylic acids is 2. The second-order valence-electron chi connectivity index (χ2n) is 9.85. The third kappa shape index (κ3) is 7.00. The molecule has 1 heterocycles. The van der Waals surface area contributed by atoms with E-state index in [2.05, 4.69) is 4.74 Å². The molecule has 0 N–H and O–H groups in total.